The van der Waals surface area contributed by atoms with Crippen LogP contribution >= 0.6 is 11.8 Å². The molecule has 19 heavy (non-hydrogen) atoms. The third-order valence-corrected chi connectivity index (χ3v) is 4.10. The molecule has 0 amide bonds. The standard InChI is InChI=1S/C16H18FNS/c1-11-7-12(2)9-13(8-11)15(18)10-19-16-6-4-3-5-14(16)17/h3-9,15H,10,18H2,1-2H3. The van der Waals surface area contributed by atoms with Crippen LogP contribution in [0.2, 0.25) is 0 Å². The maximum atomic E-state index is 13.5. The lowest BCUT2D eigenvalue weighted by molar-refractivity contribution is 0.602. The summed E-state index contributed by atoms with van der Waals surface area (Å²) in [6.45, 7) is 4.13. The molecule has 0 fully saturated rings. The predicted octanol–water partition coefficient (Wildman–Crippen LogP) is 4.23. The minimum Gasteiger partial charge on any atom is -0.323 e. The Morgan fingerprint density at radius 3 is 2.37 bits per heavy atom. The van der Waals surface area contributed by atoms with Crippen LogP contribution in [-0.4, -0.2) is 5.75 Å². The van der Waals surface area contributed by atoms with Gasteiger partial charge in [-0.25, -0.2) is 4.39 Å². The number of rotatable bonds is 4. The van der Waals surface area contributed by atoms with Crippen molar-refractivity contribution in [1.29, 1.82) is 0 Å². The Kier molecular flexibility index (Phi) is 4.61. The molecular weight excluding hydrogens is 257 g/mol. The summed E-state index contributed by atoms with van der Waals surface area (Å²) in [5.74, 6) is 0.490. The Morgan fingerprint density at radius 1 is 1.11 bits per heavy atom. The number of hydrogen-bond acceptors (Lipinski definition) is 2. The van der Waals surface area contributed by atoms with E-state index in [0.717, 1.165) is 5.56 Å². The highest BCUT2D eigenvalue weighted by molar-refractivity contribution is 7.99. The zero-order valence-corrected chi connectivity index (χ0v) is 12.0. The van der Waals surface area contributed by atoms with Crippen molar-refractivity contribution in [2.75, 3.05) is 5.75 Å². The molecule has 3 heteroatoms. The molecule has 0 aliphatic heterocycles. The van der Waals surface area contributed by atoms with Gasteiger partial charge in [0.2, 0.25) is 0 Å². The van der Waals surface area contributed by atoms with Gasteiger partial charge in [-0.05, 0) is 31.5 Å². The van der Waals surface area contributed by atoms with Gasteiger partial charge in [0.05, 0.1) is 0 Å². The minimum absolute atomic E-state index is 0.0804. The summed E-state index contributed by atoms with van der Waals surface area (Å²) >= 11 is 1.46. The van der Waals surface area contributed by atoms with E-state index in [9.17, 15) is 4.39 Å². The highest BCUT2D eigenvalue weighted by Crippen LogP contribution is 2.26. The average molecular weight is 275 g/mol. The first kappa shape index (κ1) is 14.1. The van der Waals surface area contributed by atoms with Crippen molar-refractivity contribution in [2.24, 2.45) is 5.73 Å². The van der Waals surface area contributed by atoms with Crippen molar-refractivity contribution in [3.63, 3.8) is 0 Å². The smallest absolute Gasteiger partial charge is 0.136 e. The van der Waals surface area contributed by atoms with Gasteiger partial charge >= 0.3 is 0 Å². The second kappa shape index (κ2) is 6.22. The molecule has 100 valence electrons. The molecule has 0 saturated heterocycles. The molecule has 0 spiro atoms. The SMILES string of the molecule is Cc1cc(C)cc(C(N)CSc2ccccc2F)c1. The van der Waals surface area contributed by atoms with Crippen molar-refractivity contribution in [2.45, 2.75) is 24.8 Å². The van der Waals surface area contributed by atoms with Gasteiger partial charge in [-0.3, -0.25) is 0 Å². The van der Waals surface area contributed by atoms with E-state index in [-0.39, 0.29) is 11.9 Å². The Morgan fingerprint density at radius 2 is 1.74 bits per heavy atom. The van der Waals surface area contributed by atoms with Crippen LogP contribution in [0.3, 0.4) is 0 Å². The summed E-state index contributed by atoms with van der Waals surface area (Å²) in [5.41, 5.74) is 9.72. The second-order valence-electron chi connectivity index (χ2n) is 4.77. The molecule has 2 N–H and O–H groups in total. The lowest BCUT2D eigenvalue weighted by atomic mass is 10.0. The number of benzene rings is 2. The molecule has 2 rings (SSSR count). The highest BCUT2D eigenvalue weighted by Gasteiger charge is 2.09. The van der Waals surface area contributed by atoms with Crippen molar-refractivity contribution < 1.29 is 4.39 Å². The first-order valence-electron chi connectivity index (χ1n) is 6.27. The maximum Gasteiger partial charge on any atom is 0.136 e. The van der Waals surface area contributed by atoms with Gasteiger partial charge in [0.25, 0.3) is 0 Å². The zero-order chi connectivity index (χ0) is 13.8. The molecule has 2 aromatic carbocycles. The molecule has 2 aromatic rings. The molecule has 0 radical (unpaired) electrons. The van der Waals surface area contributed by atoms with E-state index in [1.165, 1.54) is 29.0 Å². The highest BCUT2D eigenvalue weighted by atomic mass is 32.2. The van der Waals surface area contributed by atoms with E-state index in [2.05, 4.69) is 32.0 Å². The maximum absolute atomic E-state index is 13.5. The van der Waals surface area contributed by atoms with Gasteiger partial charge in [0, 0.05) is 16.7 Å². The Balaban J connectivity index is 2.05. The van der Waals surface area contributed by atoms with Gasteiger partial charge in [-0.1, -0.05) is 41.5 Å². The monoisotopic (exact) mass is 275 g/mol. The van der Waals surface area contributed by atoms with Crippen LogP contribution in [0.15, 0.2) is 47.4 Å². The van der Waals surface area contributed by atoms with E-state index < -0.39 is 0 Å². The molecule has 0 aliphatic rings. The van der Waals surface area contributed by atoms with E-state index >= 15 is 0 Å². The zero-order valence-electron chi connectivity index (χ0n) is 11.2. The Hall–Kier alpha value is -1.32. The normalized spacial score (nSPS) is 12.4. The van der Waals surface area contributed by atoms with Gasteiger partial charge < -0.3 is 5.73 Å². The molecule has 0 aromatic heterocycles. The van der Waals surface area contributed by atoms with E-state index in [1.807, 2.05) is 6.07 Å². The number of thioether (sulfide) groups is 1. The van der Waals surface area contributed by atoms with E-state index in [0.29, 0.717) is 10.6 Å². The van der Waals surface area contributed by atoms with Gasteiger partial charge in [0.15, 0.2) is 0 Å². The van der Waals surface area contributed by atoms with Crippen LogP contribution in [0.4, 0.5) is 4.39 Å². The quantitative estimate of drug-likeness (QED) is 0.845. The van der Waals surface area contributed by atoms with Crippen LogP contribution < -0.4 is 5.73 Å². The summed E-state index contributed by atoms with van der Waals surface area (Å²) in [7, 11) is 0. The Labute approximate surface area is 118 Å². The summed E-state index contributed by atoms with van der Waals surface area (Å²) in [6.07, 6.45) is 0. The minimum atomic E-state index is -0.180. The van der Waals surface area contributed by atoms with E-state index in [4.69, 9.17) is 5.73 Å². The predicted molar refractivity (Wildman–Crippen MR) is 80.0 cm³/mol. The number of hydrogen-bond donors (Lipinski definition) is 1. The molecule has 0 heterocycles. The molecule has 1 unspecified atom stereocenters. The van der Waals surface area contributed by atoms with Crippen molar-refractivity contribution >= 4 is 11.8 Å². The van der Waals surface area contributed by atoms with Gasteiger partial charge in [0.1, 0.15) is 5.82 Å². The molecule has 1 nitrogen and oxygen atoms in total. The molecule has 0 bridgehead atoms. The number of nitrogens with two attached hydrogens (primary N) is 1. The molecular formula is C16H18FNS. The summed E-state index contributed by atoms with van der Waals surface area (Å²) in [6, 6.07) is 13.0. The average Bonchev–Trinajstić information content (AvgIpc) is 2.36. The van der Waals surface area contributed by atoms with Crippen LogP contribution in [0.1, 0.15) is 22.7 Å². The summed E-state index contributed by atoms with van der Waals surface area (Å²) in [4.78, 5) is 0.655. The molecule has 0 saturated carbocycles. The second-order valence-corrected chi connectivity index (χ2v) is 5.83. The first-order valence-corrected chi connectivity index (χ1v) is 7.26. The van der Waals surface area contributed by atoms with Crippen molar-refractivity contribution in [3.05, 3.63) is 65.0 Å². The fourth-order valence-corrected chi connectivity index (χ4v) is 2.99. The fourth-order valence-electron chi connectivity index (χ4n) is 2.06. The van der Waals surface area contributed by atoms with Gasteiger partial charge in [-0.15, -0.1) is 11.8 Å². The third-order valence-electron chi connectivity index (χ3n) is 2.93. The topological polar surface area (TPSA) is 26.0 Å². The molecule has 1 atom stereocenters. The first-order chi connectivity index (χ1) is 9.06. The number of aryl methyl sites for hydroxylation is 2. The largest absolute Gasteiger partial charge is 0.323 e. The van der Waals surface area contributed by atoms with Crippen LogP contribution in [-0.2, 0) is 0 Å². The third kappa shape index (κ3) is 3.82. The van der Waals surface area contributed by atoms with Gasteiger partial charge in [-0.2, -0.15) is 0 Å². The summed E-state index contributed by atoms with van der Waals surface area (Å²) in [5, 5.41) is 0. The number of halogens is 1. The summed E-state index contributed by atoms with van der Waals surface area (Å²) < 4.78 is 13.5. The van der Waals surface area contributed by atoms with Crippen LogP contribution in [0, 0.1) is 19.7 Å². The van der Waals surface area contributed by atoms with Crippen molar-refractivity contribution in [1.82, 2.24) is 0 Å². The van der Waals surface area contributed by atoms with Crippen molar-refractivity contribution in [3.8, 4) is 0 Å². The van der Waals surface area contributed by atoms with E-state index in [1.54, 1.807) is 12.1 Å². The lowest BCUT2D eigenvalue weighted by Gasteiger charge is -2.13. The fraction of sp³-hybridized carbons (Fsp3) is 0.250. The lowest BCUT2D eigenvalue weighted by Crippen LogP contribution is -2.13. The van der Waals surface area contributed by atoms with Crippen LogP contribution in [0.25, 0.3) is 0 Å². The molecule has 0 aliphatic carbocycles. The van der Waals surface area contributed by atoms with Crippen LogP contribution in [0.5, 0.6) is 0 Å². The Bertz CT molecular complexity index is 548.